The number of hydrogen-bond acceptors (Lipinski definition) is 1. The van der Waals surface area contributed by atoms with Gasteiger partial charge < -0.3 is 11.2 Å². The van der Waals surface area contributed by atoms with Gasteiger partial charge >= 0.3 is 0 Å². The largest absolute Gasteiger partial charge is 0.412 e. The maximum Gasteiger partial charge on any atom is 0.0965 e. The van der Waals surface area contributed by atoms with Crippen LogP contribution in [0.15, 0.2) is 0 Å². The zero-order chi connectivity index (χ0) is 7.78. The Labute approximate surface area is 67.8 Å². The van der Waals surface area contributed by atoms with Gasteiger partial charge in [0.1, 0.15) is 0 Å². The Kier molecular flexibility index (Phi) is 3.05. The minimum atomic E-state index is -0.0434. The molecule has 1 aliphatic rings. The summed E-state index contributed by atoms with van der Waals surface area (Å²) in [5.74, 6) is 1.02. The molecule has 0 saturated heterocycles. The van der Waals surface area contributed by atoms with Crippen molar-refractivity contribution in [2.24, 2.45) is 17.1 Å². The Morgan fingerprint density at radius 2 is 1.91 bits per heavy atom. The lowest BCUT2D eigenvalue weighted by atomic mass is 9.67. The van der Waals surface area contributed by atoms with Crippen LogP contribution < -0.4 is 5.73 Å². The van der Waals surface area contributed by atoms with E-state index in [0.717, 1.165) is 0 Å². The lowest BCUT2D eigenvalue weighted by Gasteiger charge is -2.39. The molecular weight excluding hydrogens is 140 g/mol. The Balaban J connectivity index is 0.000001000. The van der Waals surface area contributed by atoms with Crippen molar-refractivity contribution >= 4 is 5.84 Å². The van der Waals surface area contributed by atoms with Crippen LogP contribution in [0.2, 0.25) is 0 Å². The normalized spacial score (nSPS) is 18.4. The monoisotopic (exact) mass is 158 g/mol. The number of nitrogens with one attached hydrogen (secondary N) is 1. The van der Waals surface area contributed by atoms with Crippen LogP contribution in [0.1, 0.15) is 33.1 Å². The van der Waals surface area contributed by atoms with E-state index in [4.69, 9.17) is 11.1 Å². The Morgan fingerprint density at radius 3 is 2.00 bits per heavy atom. The molecule has 0 unspecified atom stereocenters. The van der Waals surface area contributed by atoms with Gasteiger partial charge in [-0.05, 0) is 18.8 Å². The zero-order valence-corrected chi connectivity index (χ0v) is 7.28. The third-order valence-electron chi connectivity index (χ3n) is 2.82. The summed E-state index contributed by atoms with van der Waals surface area (Å²) in [5, 5.41) is 7.34. The van der Waals surface area contributed by atoms with Crippen LogP contribution in [0.5, 0.6) is 0 Å². The van der Waals surface area contributed by atoms with E-state index in [0.29, 0.717) is 11.8 Å². The van der Waals surface area contributed by atoms with Gasteiger partial charge in [-0.1, -0.05) is 20.3 Å². The van der Waals surface area contributed by atoms with Gasteiger partial charge in [-0.3, -0.25) is 5.41 Å². The molecule has 11 heavy (non-hydrogen) atoms. The molecule has 0 bridgehead atoms. The fraction of sp³-hybridized carbons (Fsp3) is 0.875. The topological polar surface area (TPSA) is 81.4 Å². The van der Waals surface area contributed by atoms with Crippen molar-refractivity contribution in [3.05, 3.63) is 0 Å². The summed E-state index contributed by atoms with van der Waals surface area (Å²) in [7, 11) is 0. The lowest BCUT2D eigenvalue weighted by molar-refractivity contribution is 0.185. The van der Waals surface area contributed by atoms with Crippen molar-refractivity contribution in [1.29, 1.82) is 5.41 Å². The summed E-state index contributed by atoms with van der Waals surface area (Å²) in [4.78, 5) is 0. The molecule has 1 saturated carbocycles. The fourth-order valence-corrected chi connectivity index (χ4v) is 1.35. The molecule has 1 aliphatic carbocycles. The van der Waals surface area contributed by atoms with Crippen LogP contribution in [0, 0.1) is 16.7 Å². The minimum absolute atomic E-state index is 0. The molecule has 0 aromatic heterocycles. The lowest BCUT2D eigenvalue weighted by Crippen LogP contribution is -2.40. The van der Waals surface area contributed by atoms with Crippen molar-refractivity contribution in [3.8, 4) is 0 Å². The molecule has 0 amide bonds. The molecule has 0 atom stereocenters. The molecular formula is C8H18N2O. The molecule has 0 heterocycles. The zero-order valence-electron chi connectivity index (χ0n) is 7.28. The molecule has 66 valence electrons. The smallest absolute Gasteiger partial charge is 0.0965 e. The van der Waals surface area contributed by atoms with Gasteiger partial charge in [0.15, 0.2) is 0 Å². The molecule has 3 heteroatoms. The molecule has 3 nitrogen and oxygen atoms in total. The summed E-state index contributed by atoms with van der Waals surface area (Å²) in [6.07, 6.45) is 3.83. The van der Waals surface area contributed by atoms with Crippen molar-refractivity contribution in [2.45, 2.75) is 33.1 Å². The van der Waals surface area contributed by atoms with Crippen LogP contribution in [0.25, 0.3) is 0 Å². The standard InChI is InChI=1S/C8H16N2.H2O/c1-8(2,7(9)10)6-4-3-5-6;/h6H,3-5H2,1-2H3,(H3,9,10);1H2. The molecule has 0 aromatic rings. The average molecular weight is 158 g/mol. The summed E-state index contributed by atoms with van der Waals surface area (Å²) >= 11 is 0. The van der Waals surface area contributed by atoms with Gasteiger partial charge in [0.05, 0.1) is 5.84 Å². The van der Waals surface area contributed by atoms with Crippen molar-refractivity contribution in [3.63, 3.8) is 0 Å². The Hall–Kier alpha value is -0.570. The van der Waals surface area contributed by atoms with Crippen LogP contribution >= 0.6 is 0 Å². The summed E-state index contributed by atoms with van der Waals surface area (Å²) in [5.41, 5.74) is 5.42. The SMILES string of the molecule is CC(C)(C(=N)N)C1CCC1.O. The van der Waals surface area contributed by atoms with Crippen molar-refractivity contribution in [1.82, 2.24) is 0 Å². The van der Waals surface area contributed by atoms with E-state index in [-0.39, 0.29) is 10.9 Å². The fourth-order valence-electron chi connectivity index (χ4n) is 1.35. The number of nitrogens with two attached hydrogens (primary N) is 1. The van der Waals surface area contributed by atoms with E-state index in [1.54, 1.807) is 0 Å². The number of hydrogen-bond donors (Lipinski definition) is 2. The second-order valence-corrected chi connectivity index (χ2v) is 3.76. The molecule has 0 aromatic carbocycles. The highest BCUT2D eigenvalue weighted by atomic mass is 16.0. The predicted octanol–water partition coefficient (Wildman–Crippen LogP) is 0.924. The highest BCUT2D eigenvalue weighted by Crippen LogP contribution is 2.41. The van der Waals surface area contributed by atoms with Crippen LogP contribution in [0.3, 0.4) is 0 Å². The van der Waals surface area contributed by atoms with E-state index in [2.05, 4.69) is 13.8 Å². The summed E-state index contributed by atoms with van der Waals surface area (Å²) in [6.45, 7) is 4.14. The van der Waals surface area contributed by atoms with E-state index < -0.39 is 0 Å². The van der Waals surface area contributed by atoms with Gasteiger partial charge in [0, 0.05) is 5.41 Å². The van der Waals surface area contributed by atoms with Gasteiger partial charge in [-0.15, -0.1) is 0 Å². The van der Waals surface area contributed by atoms with E-state index >= 15 is 0 Å². The Bertz CT molecular complexity index is 150. The first-order valence-corrected chi connectivity index (χ1v) is 3.89. The second kappa shape index (κ2) is 3.22. The van der Waals surface area contributed by atoms with Crippen molar-refractivity contribution < 1.29 is 5.48 Å². The quantitative estimate of drug-likeness (QED) is 0.455. The first kappa shape index (κ1) is 10.4. The predicted molar refractivity (Wildman–Crippen MR) is 46.6 cm³/mol. The summed E-state index contributed by atoms with van der Waals surface area (Å²) < 4.78 is 0. The van der Waals surface area contributed by atoms with Gasteiger partial charge in [-0.25, -0.2) is 0 Å². The number of rotatable bonds is 2. The molecule has 1 fully saturated rings. The maximum absolute atomic E-state index is 7.34. The molecule has 0 aliphatic heterocycles. The van der Waals surface area contributed by atoms with E-state index in [1.807, 2.05) is 0 Å². The second-order valence-electron chi connectivity index (χ2n) is 3.76. The van der Waals surface area contributed by atoms with Crippen LogP contribution in [0.4, 0.5) is 0 Å². The summed E-state index contributed by atoms with van der Waals surface area (Å²) in [6, 6.07) is 0. The first-order valence-electron chi connectivity index (χ1n) is 3.89. The van der Waals surface area contributed by atoms with E-state index in [1.165, 1.54) is 19.3 Å². The molecule has 0 radical (unpaired) electrons. The Morgan fingerprint density at radius 1 is 1.45 bits per heavy atom. The average Bonchev–Trinajstić information content (AvgIpc) is 1.57. The first-order chi connectivity index (χ1) is 4.55. The van der Waals surface area contributed by atoms with Gasteiger partial charge in [-0.2, -0.15) is 0 Å². The third-order valence-corrected chi connectivity index (χ3v) is 2.82. The number of amidine groups is 1. The van der Waals surface area contributed by atoms with Crippen LogP contribution in [-0.4, -0.2) is 11.3 Å². The third kappa shape index (κ3) is 1.71. The maximum atomic E-state index is 7.34. The van der Waals surface area contributed by atoms with E-state index in [9.17, 15) is 0 Å². The van der Waals surface area contributed by atoms with Gasteiger partial charge in [0.2, 0.25) is 0 Å². The molecule has 1 rings (SSSR count). The highest BCUT2D eigenvalue weighted by Gasteiger charge is 2.36. The van der Waals surface area contributed by atoms with Crippen LogP contribution in [-0.2, 0) is 0 Å². The highest BCUT2D eigenvalue weighted by molar-refractivity contribution is 5.83. The van der Waals surface area contributed by atoms with Gasteiger partial charge in [0.25, 0.3) is 0 Å². The molecule has 0 spiro atoms. The minimum Gasteiger partial charge on any atom is -0.412 e. The van der Waals surface area contributed by atoms with Crippen molar-refractivity contribution in [2.75, 3.05) is 0 Å². The molecule has 5 N–H and O–H groups in total.